The van der Waals surface area contributed by atoms with Crippen molar-refractivity contribution in [2.45, 2.75) is 108 Å². The average molecular weight is 370 g/mol. The Morgan fingerprint density at radius 3 is 1.19 bits per heavy atom. The van der Waals surface area contributed by atoms with Crippen LogP contribution in [-0.4, -0.2) is 0 Å². The second kappa shape index (κ2) is 12.8. The molecule has 0 aromatic carbocycles. The molecule has 128 valence electrons. The van der Waals surface area contributed by atoms with Gasteiger partial charge in [-0.2, -0.15) is 0 Å². The molecule has 21 heavy (non-hydrogen) atoms. The van der Waals surface area contributed by atoms with Crippen molar-refractivity contribution in [3.8, 4) is 0 Å². The summed E-state index contributed by atoms with van der Waals surface area (Å²) in [4.78, 5) is 0. The molecule has 0 rings (SSSR count). The predicted molar refractivity (Wildman–Crippen MR) is 91.7 cm³/mol. The van der Waals surface area contributed by atoms with Crippen molar-refractivity contribution in [1.29, 1.82) is 0 Å². The monoisotopic (exact) mass is 370 g/mol. The van der Waals surface area contributed by atoms with Gasteiger partial charge in [0.05, 0.1) is 0 Å². The molecule has 0 heterocycles. The summed E-state index contributed by atoms with van der Waals surface area (Å²) in [6.45, 7) is 14.3. The van der Waals surface area contributed by atoms with Crippen molar-refractivity contribution >= 4 is 0 Å². The van der Waals surface area contributed by atoms with Gasteiger partial charge in [0.15, 0.2) is 0 Å². The summed E-state index contributed by atoms with van der Waals surface area (Å²) >= 11 is -4.02. The van der Waals surface area contributed by atoms with Gasteiger partial charge in [-0.15, -0.1) is 0 Å². The molecule has 0 aromatic heterocycles. The Hall–Kier alpha value is 1.39. The van der Waals surface area contributed by atoms with Crippen LogP contribution in [0.25, 0.3) is 0 Å². The molecule has 0 aromatic rings. The molecule has 0 aliphatic heterocycles. The zero-order valence-corrected chi connectivity index (χ0v) is 19.0. The summed E-state index contributed by atoms with van der Waals surface area (Å²) in [6, 6.07) is 0. The first-order chi connectivity index (χ1) is 10.1. The SMILES string of the molecule is CCCC[CH2][Ti]([CH2]C)([CH2]CCCC)[O][Ti]([CH2]C)([CH2]C)[CH2]C. The maximum atomic E-state index is 7.29. The Balaban J connectivity index is 4.95. The molecule has 0 N–H and O–H groups in total. The third kappa shape index (κ3) is 8.16. The first-order valence-electron chi connectivity index (χ1n) is 9.77. The van der Waals surface area contributed by atoms with Gasteiger partial charge in [0.25, 0.3) is 0 Å². The summed E-state index contributed by atoms with van der Waals surface area (Å²) < 4.78 is 15.8. The number of hydrogen-bond donors (Lipinski definition) is 0. The van der Waals surface area contributed by atoms with Gasteiger partial charge in [-0.3, -0.25) is 0 Å². The van der Waals surface area contributed by atoms with E-state index >= 15 is 0 Å². The first-order valence-corrected chi connectivity index (χ1v) is 17.7. The summed E-state index contributed by atoms with van der Waals surface area (Å²) in [7, 11) is 0. The van der Waals surface area contributed by atoms with Crippen LogP contribution in [0.3, 0.4) is 0 Å². The van der Waals surface area contributed by atoms with Gasteiger partial charge in [0.2, 0.25) is 0 Å². The zero-order chi connectivity index (χ0) is 16.2. The molecule has 0 aliphatic rings. The molecule has 0 fully saturated rings. The number of rotatable bonds is 14. The Kier molecular flexibility index (Phi) is 13.6. The Morgan fingerprint density at radius 1 is 0.524 bits per heavy atom. The second-order valence-electron chi connectivity index (χ2n) is 6.80. The quantitative estimate of drug-likeness (QED) is 0.222. The molecule has 1 nitrogen and oxygen atoms in total. The zero-order valence-electron chi connectivity index (χ0n) is 15.9. The van der Waals surface area contributed by atoms with Crippen LogP contribution in [-0.2, 0) is 35.9 Å². The molecule has 0 unspecified atom stereocenters. The van der Waals surface area contributed by atoms with E-state index in [4.69, 9.17) is 1.90 Å². The fourth-order valence-corrected chi connectivity index (χ4v) is 23.7. The number of hydrogen-bond acceptors (Lipinski definition) is 1. The van der Waals surface area contributed by atoms with Gasteiger partial charge in [0, 0.05) is 0 Å². The molecule has 0 amide bonds. The predicted octanol–water partition coefficient (Wildman–Crippen LogP) is 8.11. The molecule has 0 atom stereocenters. The Morgan fingerprint density at radius 2 is 0.905 bits per heavy atom. The van der Waals surface area contributed by atoms with Crippen LogP contribution in [0, 0.1) is 0 Å². The topological polar surface area (TPSA) is 9.23 Å². The van der Waals surface area contributed by atoms with Crippen molar-refractivity contribution in [3.05, 3.63) is 0 Å². The van der Waals surface area contributed by atoms with Crippen molar-refractivity contribution in [2.24, 2.45) is 0 Å². The van der Waals surface area contributed by atoms with Crippen LogP contribution in [0.1, 0.15) is 80.1 Å². The standard InChI is InChI=1S/2C5H11.4C2H5.O.2Ti/c2*1-3-5-4-2;4*1-2;;;/h2*1,3-5H2,2H3;4*1H2,2H3;;;. The summed E-state index contributed by atoms with van der Waals surface area (Å²) in [5.41, 5.74) is 0. The third-order valence-corrected chi connectivity index (χ3v) is 24.4. The van der Waals surface area contributed by atoms with E-state index in [1.165, 1.54) is 66.9 Å². The fraction of sp³-hybridized carbons (Fsp3) is 1.00. The molecule has 3 heteroatoms. The van der Waals surface area contributed by atoms with Crippen LogP contribution in [0.2, 0.25) is 28.4 Å². The normalized spacial score (nSPS) is 12.9. The molecular formula is C18H42OTi2. The molecule has 0 saturated carbocycles. The van der Waals surface area contributed by atoms with Crippen LogP contribution in [0.4, 0.5) is 0 Å². The molecule has 0 saturated heterocycles. The van der Waals surface area contributed by atoms with E-state index in [0.717, 1.165) is 0 Å². The summed E-state index contributed by atoms with van der Waals surface area (Å²) in [5, 5.41) is 0. The van der Waals surface area contributed by atoms with Gasteiger partial charge >= 0.3 is 144 Å². The van der Waals surface area contributed by atoms with E-state index in [2.05, 4.69) is 41.5 Å². The van der Waals surface area contributed by atoms with Crippen LogP contribution >= 0.6 is 0 Å². The molecule has 0 aliphatic carbocycles. The van der Waals surface area contributed by atoms with Crippen LogP contribution in [0.15, 0.2) is 0 Å². The van der Waals surface area contributed by atoms with Crippen molar-refractivity contribution in [1.82, 2.24) is 0 Å². The third-order valence-electron chi connectivity index (χ3n) is 5.48. The van der Waals surface area contributed by atoms with Gasteiger partial charge < -0.3 is 0 Å². The minimum atomic E-state index is -2.04. The summed E-state index contributed by atoms with van der Waals surface area (Å²) in [5.74, 6) is 0. The van der Waals surface area contributed by atoms with E-state index in [9.17, 15) is 0 Å². The van der Waals surface area contributed by atoms with E-state index in [0.29, 0.717) is 0 Å². The van der Waals surface area contributed by atoms with Crippen LogP contribution in [0.5, 0.6) is 0 Å². The van der Waals surface area contributed by atoms with Crippen molar-refractivity contribution in [2.75, 3.05) is 0 Å². The first kappa shape index (κ1) is 22.4. The number of unbranched alkanes of at least 4 members (excludes halogenated alkanes) is 4. The Bertz CT molecular complexity index is 221. The molecule has 0 bridgehead atoms. The average Bonchev–Trinajstić information content (AvgIpc) is 2.53. The van der Waals surface area contributed by atoms with Gasteiger partial charge in [-0.25, -0.2) is 0 Å². The fourth-order valence-electron chi connectivity index (χ4n) is 3.47. The summed E-state index contributed by atoms with van der Waals surface area (Å²) in [6.07, 6.45) is 8.39. The minimum absolute atomic E-state index is 1.35. The second-order valence-corrected chi connectivity index (χ2v) is 21.8. The molecule has 0 radical (unpaired) electrons. The van der Waals surface area contributed by atoms with Gasteiger partial charge in [-0.05, 0) is 0 Å². The molecule has 0 spiro atoms. The van der Waals surface area contributed by atoms with Crippen molar-refractivity contribution < 1.29 is 35.9 Å². The maximum absolute atomic E-state index is 7.29. The van der Waals surface area contributed by atoms with E-state index in [1.807, 2.05) is 0 Å². The molecular weight excluding hydrogens is 328 g/mol. The van der Waals surface area contributed by atoms with E-state index in [-0.39, 0.29) is 0 Å². The van der Waals surface area contributed by atoms with Crippen molar-refractivity contribution in [3.63, 3.8) is 0 Å². The van der Waals surface area contributed by atoms with E-state index in [1.54, 1.807) is 0 Å². The van der Waals surface area contributed by atoms with Gasteiger partial charge in [0.1, 0.15) is 0 Å². The van der Waals surface area contributed by atoms with E-state index < -0.39 is 34.0 Å². The van der Waals surface area contributed by atoms with Crippen LogP contribution < -0.4 is 0 Å². The Labute approximate surface area is 143 Å². The van der Waals surface area contributed by atoms with Gasteiger partial charge in [-0.1, -0.05) is 0 Å².